The van der Waals surface area contributed by atoms with E-state index in [0.717, 1.165) is 5.56 Å². The molecule has 0 N–H and O–H groups in total. The third kappa shape index (κ3) is 3.88. The maximum absolute atomic E-state index is 11.4. The Kier molecular flexibility index (Phi) is 3.69. The molecule has 1 rings (SSSR count). The number of rotatable bonds is 4. The molecule has 1 radical (unpaired) electrons. The molecule has 0 bridgehead atoms. The van der Waals surface area contributed by atoms with E-state index >= 15 is 0 Å². The van der Waals surface area contributed by atoms with Crippen LogP contribution in [-0.4, -0.2) is 5.78 Å². The van der Waals surface area contributed by atoms with Gasteiger partial charge in [-0.15, -0.1) is 0 Å². The molecular weight excluding hydrogens is 160 g/mol. The molecule has 1 aromatic carbocycles. The molecule has 0 aromatic heterocycles. The van der Waals surface area contributed by atoms with Crippen molar-refractivity contribution in [2.75, 3.05) is 0 Å². The summed E-state index contributed by atoms with van der Waals surface area (Å²) in [6.07, 6.45) is 2.34. The first-order valence-electron chi connectivity index (χ1n) is 4.61. The fraction of sp³-hybridized carbons (Fsp3) is 0.333. The predicted molar refractivity (Wildman–Crippen MR) is 54.3 cm³/mol. The molecule has 1 nitrogen and oxygen atoms in total. The van der Waals surface area contributed by atoms with Crippen LogP contribution in [0, 0.1) is 12.3 Å². The van der Waals surface area contributed by atoms with Gasteiger partial charge < -0.3 is 0 Å². The minimum Gasteiger partial charge on any atom is -0.299 e. The SMILES string of the molecule is CC(C)CC(=O)[CH]c1ccccc1. The van der Waals surface area contributed by atoms with E-state index in [2.05, 4.69) is 13.8 Å². The van der Waals surface area contributed by atoms with E-state index in [1.54, 1.807) is 6.42 Å². The van der Waals surface area contributed by atoms with Crippen molar-refractivity contribution in [3.63, 3.8) is 0 Å². The molecule has 69 valence electrons. The van der Waals surface area contributed by atoms with Crippen LogP contribution in [0.15, 0.2) is 30.3 Å². The Hall–Kier alpha value is -1.11. The maximum atomic E-state index is 11.4. The first kappa shape index (κ1) is 9.97. The second kappa shape index (κ2) is 4.80. The monoisotopic (exact) mass is 175 g/mol. The van der Waals surface area contributed by atoms with E-state index in [1.165, 1.54) is 0 Å². The second-order valence-corrected chi connectivity index (χ2v) is 3.62. The van der Waals surface area contributed by atoms with Crippen LogP contribution in [0.2, 0.25) is 0 Å². The molecule has 0 aliphatic rings. The van der Waals surface area contributed by atoms with E-state index < -0.39 is 0 Å². The Bertz CT molecular complexity index is 262. The van der Waals surface area contributed by atoms with Gasteiger partial charge in [0.25, 0.3) is 0 Å². The van der Waals surface area contributed by atoms with Crippen molar-refractivity contribution in [1.82, 2.24) is 0 Å². The average molecular weight is 175 g/mol. The molecule has 0 spiro atoms. The summed E-state index contributed by atoms with van der Waals surface area (Å²) in [4.78, 5) is 11.4. The molecule has 0 fully saturated rings. The number of ketones is 1. The van der Waals surface area contributed by atoms with Crippen LogP contribution in [0.4, 0.5) is 0 Å². The lowest BCUT2D eigenvalue weighted by Crippen LogP contribution is -2.03. The number of carbonyl (C=O) groups is 1. The number of hydrogen-bond donors (Lipinski definition) is 0. The summed E-state index contributed by atoms with van der Waals surface area (Å²) in [5, 5.41) is 0. The van der Waals surface area contributed by atoms with Crippen molar-refractivity contribution in [2.24, 2.45) is 5.92 Å². The fourth-order valence-corrected chi connectivity index (χ4v) is 1.20. The Labute approximate surface area is 79.8 Å². The summed E-state index contributed by atoms with van der Waals surface area (Å²) in [5.74, 6) is 0.647. The average Bonchev–Trinajstić information content (AvgIpc) is 2.04. The lowest BCUT2D eigenvalue weighted by molar-refractivity contribution is -0.116. The van der Waals surface area contributed by atoms with Crippen LogP contribution in [0.3, 0.4) is 0 Å². The molecule has 13 heavy (non-hydrogen) atoms. The van der Waals surface area contributed by atoms with Crippen molar-refractivity contribution in [3.05, 3.63) is 42.3 Å². The van der Waals surface area contributed by atoms with E-state index in [1.807, 2.05) is 30.3 Å². The highest BCUT2D eigenvalue weighted by atomic mass is 16.1. The summed E-state index contributed by atoms with van der Waals surface area (Å²) in [6, 6.07) is 9.71. The third-order valence-corrected chi connectivity index (χ3v) is 1.74. The molecule has 0 saturated heterocycles. The summed E-state index contributed by atoms with van der Waals surface area (Å²) < 4.78 is 0. The van der Waals surface area contributed by atoms with Gasteiger partial charge in [0.2, 0.25) is 0 Å². The molecule has 0 aliphatic heterocycles. The summed E-state index contributed by atoms with van der Waals surface area (Å²) in [5.41, 5.74) is 0.994. The van der Waals surface area contributed by atoms with Crippen molar-refractivity contribution in [1.29, 1.82) is 0 Å². The molecule has 1 aromatic rings. The van der Waals surface area contributed by atoms with E-state index in [9.17, 15) is 4.79 Å². The van der Waals surface area contributed by atoms with Gasteiger partial charge in [0.1, 0.15) is 5.78 Å². The minimum absolute atomic E-state index is 0.209. The maximum Gasteiger partial charge on any atom is 0.141 e. The van der Waals surface area contributed by atoms with Gasteiger partial charge in [0, 0.05) is 6.42 Å². The highest BCUT2D eigenvalue weighted by molar-refractivity contribution is 5.90. The third-order valence-electron chi connectivity index (χ3n) is 1.74. The second-order valence-electron chi connectivity index (χ2n) is 3.62. The molecular formula is C12H15O. The lowest BCUT2D eigenvalue weighted by Gasteiger charge is -2.02. The van der Waals surface area contributed by atoms with E-state index in [4.69, 9.17) is 0 Å². The summed E-state index contributed by atoms with van der Waals surface area (Å²) >= 11 is 0. The van der Waals surface area contributed by atoms with Crippen LogP contribution in [0.1, 0.15) is 25.8 Å². The molecule has 0 unspecified atom stereocenters. The van der Waals surface area contributed by atoms with Gasteiger partial charge in [-0.25, -0.2) is 0 Å². The summed E-state index contributed by atoms with van der Waals surface area (Å²) in [7, 11) is 0. The Balaban J connectivity index is 2.46. The number of hydrogen-bond acceptors (Lipinski definition) is 1. The Morgan fingerprint density at radius 3 is 2.46 bits per heavy atom. The molecule has 0 aliphatic carbocycles. The number of benzene rings is 1. The highest BCUT2D eigenvalue weighted by Gasteiger charge is 2.05. The van der Waals surface area contributed by atoms with Gasteiger partial charge in [0.15, 0.2) is 0 Å². The smallest absolute Gasteiger partial charge is 0.141 e. The minimum atomic E-state index is 0.209. The topological polar surface area (TPSA) is 17.1 Å². The first-order valence-corrected chi connectivity index (χ1v) is 4.61. The van der Waals surface area contributed by atoms with Crippen LogP contribution in [0.25, 0.3) is 0 Å². The fourth-order valence-electron chi connectivity index (χ4n) is 1.20. The van der Waals surface area contributed by atoms with Gasteiger partial charge in [-0.1, -0.05) is 44.2 Å². The standard InChI is InChI=1S/C12H15O/c1-10(2)8-12(13)9-11-6-4-3-5-7-11/h3-7,9-10H,8H2,1-2H3. The molecule has 0 amide bonds. The van der Waals surface area contributed by atoms with Gasteiger partial charge in [-0.05, 0) is 11.5 Å². The van der Waals surface area contributed by atoms with Gasteiger partial charge in [-0.2, -0.15) is 0 Å². The van der Waals surface area contributed by atoms with E-state index in [-0.39, 0.29) is 5.78 Å². The number of carbonyl (C=O) groups excluding carboxylic acids is 1. The summed E-state index contributed by atoms with van der Waals surface area (Å²) in [6.45, 7) is 4.10. The van der Waals surface area contributed by atoms with E-state index in [0.29, 0.717) is 12.3 Å². The van der Waals surface area contributed by atoms with Crippen LogP contribution < -0.4 is 0 Å². The van der Waals surface area contributed by atoms with Gasteiger partial charge in [-0.3, -0.25) is 4.79 Å². The highest BCUT2D eigenvalue weighted by Crippen LogP contribution is 2.08. The van der Waals surface area contributed by atoms with Crippen molar-refractivity contribution in [2.45, 2.75) is 20.3 Å². The zero-order valence-electron chi connectivity index (χ0n) is 8.16. The van der Waals surface area contributed by atoms with Crippen molar-refractivity contribution < 1.29 is 4.79 Å². The number of Topliss-reactive ketones (excluding diaryl/α,β-unsaturated/α-hetero) is 1. The zero-order valence-corrected chi connectivity index (χ0v) is 8.16. The molecule has 0 atom stereocenters. The Morgan fingerprint density at radius 1 is 1.31 bits per heavy atom. The Morgan fingerprint density at radius 2 is 1.92 bits per heavy atom. The van der Waals surface area contributed by atoms with Crippen molar-refractivity contribution in [3.8, 4) is 0 Å². The molecule has 1 heteroatoms. The zero-order chi connectivity index (χ0) is 9.68. The van der Waals surface area contributed by atoms with Crippen molar-refractivity contribution >= 4 is 5.78 Å². The lowest BCUT2D eigenvalue weighted by atomic mass is 10.0. The first-order chi connectivity index (χ1) is 6.18. The van der Waals surface area contributed by atoms with Crippen LogP contribution in [0.5, 0.6) is 0 Å². The quantitative estimate of drug-likeness (QED) is 0.687. The molecule has 0 saturated carbocycles. The molecule has 0 heterocycles. The predicted octanol–water partition coefficient (Wildman–Crippen LogP) is 2.85. The van der Waals surface area contributed by atoms with Crippen LogP contribution >= 0.6 is 0 Å². The van der Waals surface area contributed by atoms with Gasteiger partial charge in [0.05, 0.1) is 6.42 Å². The van der Waals surface area contributed by atoms with Gasteiger partial charge >= 0.3 is 0 Å². The largest absolute Gasteiger partial charge is 0.299 e. The van der Waals surface area contributed by atoms with Crippen LogP contribution in [-0.2, 0) is 4.79 Å². The normalized spacial score (nSPS) is 10.4.